The van der Waals surface area contributed by atoms with Crippen LogP contribution in [0.2, 0.25) is 0 Å². The first-order valence-electron chi connectivity index (χ1n) is 10.6. The van der Waals surface area contributed by atoms with Crippen molar-refractivity contribution >= 4 is 0 Å². The summed E-state index contributed by atoms with van der Waals surface area (Å²) in [5.74, 6) is 3.29. The van der Waals surface area contributed by atoms with Crippen LogP contribution in [-0.4, -0.2) is 37.6 Å². The number of ether oxygens (including phenoxy) is 1. The van der Waals surface area contributed by atoms with Crippen molar-refractivity contribution in [2.24, 2.45) is 5.92 Å². The third-order valence-electron chi connectivity index (χ3n) is 6.15. The zero-order chi connectivity index (χ0) is 18.3. The molecule has 2 fully saturated rings. The number of nitrogens with zero attached hydrogens (tertiary/aromatic N) is 1. The minimum Gasteiger partial charge on any atom is -0.457 e. The number of hydrogen-bond donors (Lipinski definition) is 1. The SMILES string of the molecule is c1ccc(Oc2cccc([C@H](CN3CCNCC3)C3CCCCC3)c2)cc1. The molecule has 1 atom stereocenters. The average Bonchev–Trinajstić information content (AvgIpc) is 2.74. The van der Waals surface area contributed by atoms with Crippen LogP contribution in [0.3, 0.4) is 0 Å². The molecular formula is C24H32N2O. The molecule has 1 saturated carbocycles. The topological polar surface area (TPSA) is 24.5 Å². The number of benzene rings is 2. The number of hydrogen-bond acceptors (Lipinski definition) is 3. The van der Waals surface area contributed by atoms with Crippen LogP contribution in [0.15, 0.2) is 54.6 Å². The molecule has 1 saturated heterocycles. The van der Waals surface area contributed by atoms with Gasteiger partial charge in [-0.1, -0.05) is 49.6 Å². The molecule has 2 aromatic carbocycles. The van der Waals surface area contributed by atoms with Gasteiger partial charge in [-0.05, 0) is 54.5 Å². The lowest BCUT2D eigenvalue weighted by molar-refractivity contribution is 0.187. The summed E-state index contributed by atoms with van der Waals surface area (Å²) in [6, 6.07) is 19.0. The van der Waals surface area contributed by atoms with Gasteiger partial charge in [-0.25, -0.2) is 0 Å². The van der Waals surface area contributed by atoms with Crippen LogP contribution >= 0.6 is 0 Å². The Morgan fingerprint density at radius 3 is 2.41 bits per heavy atom. The molecule has 0 bridgehead atoms. The van der Waals surface area contributed by atoms with E-state index in [1.807, 2.05) is 30.3 Å². The van der Waals surface area contributed by atoms with E-state index in [1.165, 1.54) is 57.3 Å². The first-order valence-corrected chi connectivity index (χ1v) is 10.6. The van der Waals surface area contributed by atoms with Crippen molar-refractivity contribution in [1.82, 2.24) is 10.2 Å². The Morgan fingerprint density at radius 1 is 0.889 bits per heavy atom. The normalized spacial score (nSPS) is 20.3. The van der Waals surface area contributed by atoms with Crippen molar-refractivity contribution in [1.29, 1.82) is 0 Å². The lowest BCUT2D eigenvalue weighted by atomic mass is 9.76. The number of piperazine rings is 1. The van der Waals surface area contributed by atoms with Crippen molar-refractivity contribution < 1.29 is 4.74 Å². The molecule has 1 N–H and O–H groups in total. The van der Waals surface area contributed by atoms with E-state index >= 15 is 0 Å². The van der Waals surface area contributed by atoms with Gasteiger partial charge in [-0.3, -0.25) is 0 Å². The first kappa shape index (κ1) is 18.5. The van der Waals surface area contributed by atoms with Gasteiger partial charge in [-0.15, -0.1) is 0 Å². The summed E-state index contributed by atoms with van der Waals surface area (Å²) < 4.78 is 6.12. The summed E-state index contributed by atoms with van der Waals surface area (Å²) in [4.78, 5) is 2.65. The molecule has 3 nitrogen and oxygen atoms in total. The molecule has 2 aliphatic rings. The van der Waals surface area contributed by atoms with Gasteiger partial charge in [0.05, 0.1) is 0 Å². The Labute approximate surface area is 163 Å². The van der Waals surface area contributed by atoms with Gasteiger partial charge in [0.1, 0.15) is 11.5 Å². The molecule has 1 aliphatic carbocycles. The maximum absolute atomic E-state index is 6.12. The first-order chi connectivity index (χ1) is 13.4. The van der Waals surface area contributed by atoms with Crippen molar-refractivity contribution in [2.75, 3.05) is 32.7 Å². The van der Waals surface area contributed by atoms with E-state index in [0.29, 0.717) is 5.92 Å². The van der Waals surface area contributed by atoms with Gasteiger partial charge < -0.3 is 15.0 Å². The molecule has 144 valence electrons. The summed E-state index contributed by atoms with van der Waals surface area (Å²) in [5, 5.41) is 3.48. The molecule has 0 amide bonds. The fraction of sp³-hybridized carbons (Fsp3) is 0.500. The Morgan fingerprint density at radius 2 is 1.63 bits per heavy atom. The third-order valence-corrected chi connectivity index (χ3v) is 6.15. The predicted molar refractivity (Wildman–Crippen MR) is 112 cm³/mol. The molecule has 3 heteroatoms. The molecule has 0 radical (unpaired) electrons. The van der Waals surface area contributed by atoms with Gasteiger partial charge in [0.25, 0.3) is 0 Å². The molecule has 0 unspecified atom stereocenters. The highest BCUT2D eigenvalue weighted by Gasteiger charge is 2.27. The smallest absolute Gasteiger partial charge is 0.127 e. The van der Waals surface area contributed by atoms with Gasteiger partial charge in [0, 0.05) is 32.7 Å². The predicted octanol–water partition coefficient (Wildman–Crippen LogP) is 5.05. The molecule has 0 spiro atoms. The fourth-order valence-corrected chi connectivity index (χ4v) is 4.67. The molecule has 0 aromatic heterocycles. The van der Waals surface area contributed by atoms with Crippen molar-refractivity contribution in [3.63, 3.8) is 0 Å². The van der Waals surface area contributed by atoms with E-state index in [9.17, 15) is 0 Å². The summed E-state index contributed by atoms with van der Waals surface area (Å²) in [6.45, 7) is 5.76. The van der Waals surface area contributed by atoms with Crippen LogP contribution < -0.4 is 10.1 Å². The van der Waals surface area contributed by atoms with Gasteiger partial charge in [-0.2, -0.15) is 0 Å². The van der Waals surface area contributed by atoms with E-state index < -0.39 is 0 Å². The van der Waals surface area contributed by atoms with Crippen LogP contribution in [0.4, 0.5) is 0 Å². The quantitative estimate of drug-likeness (QED) is 0.776. The lowest BCUT2D eigenvalue weighted by Crippen LogP contribution is -2.45. The van der Waals surface area contributed by atoms with Crippen LogP contribution in [0.25, 0.3) is 0 Å². The van der Waals surface area contributed by atoms with Gasteiger partial charge in [0.2, 0.25) is 0 Å². The van der Waals surface area contributed by atoms with Crippen LogP contribution in [-0.2, 0) is 0 Å². The maximum atomic E-state index is 6.12. The fourth-order valence-electron chi connectivity index (χ4n) is 4.67. The van der Waals surface area contributed by atoms with Crippen molar-refractivity contribution in [3.05, 3.63) is 60.2 Å². The van der Waals surface area contributed by atoms with E-state index in [-0.39, 0.29) is 0 Å². The van der Waals surface area contributed by atoms with Crippen molar-refractivity contribution in [2.45, 2.75) is 38.0 Å². The van der Waals surface area contributed by atoms with Crippen LogP contribution in [0, 0.1) is 5.92 Å². The number of nitrogens with one attached hydrogen (secondary N) is 1. The Balaban J connectivity index is 1.53. The number of para-hydroxylation sites is 1. The second kappa shape index (κ2) is 9.38. The van der Waals surface area contributed by atoms with E-state index in [2.05, 4.69) is 34.5 Å². The second-order valence-corrected chi connectivity index (χ2v) is 8.04. The molecule has 2 aromatic rings. The Hall–Kier alpha value is -1.84. The summed E-state index contributed by atoms with van der Waals surface area (Å²) >= 11 is 0. The molecular weight excluding hydrogens is 332 g/mol. The third kappa shape index (κ3) is 5.12. The lowest BCUT2D eigenvalue weighted by Gasteiger charge is -2.36. The van der Waals surface area contributed by atoms with E-state index in [1.54, 1.807) is 0 Å². The Bertz CT molecular complexity index is 691. The zero-order valence-electron chi connectivity index (χ0n) is 16.3. The molecule has 4 rings (SSSR count). The highest BCUT2D eigenvalue weighted by Crippen LogP contribution is 2.38. The molecule has 1 heterocycles. The van der Waals surface area contributed by atoms with Crippen LogP contribution in [0.1, 0.15) is 43.6 Å². The van der Waals surface area contributed by atoms with Gasteiger partial charge in [0.15, 0.2) is 0 Å². The highest BCUT2D eigenvalue weighted by atomic mass is 16.5. The summed E-state index contributed by atoms with van der Waals surface area (Å²) in [6.07, 6.45) is 6.95. The summed E-state index contributed by atoms with van der Waals surface area (Å²) in [5.41, 5.74) is 1.45. The summed E-state index contributed by atoms with van der Waals surface area (Å²) in [7, 11) is 0. The average molecular weight is 365 g/mol. The van der Waals surface area contributed by atoms with E-state index in [0.717, 1.165) is 30.5 Å². The standard InChI is InChI=1S/C24H32N2O/c1-3-8-20(9-4-1)24(19-26-16-14-25-15-17-26)21-10-7-13-23(18-21)27-22-11-5-2-6-12-22/h2,5-7,10-13,18,20,24-25H,1,3-4,8-9,14-17,19H2/t24-/m1/s1. The van der Waals surface area contributed by atoms with Crippen LogP contribution in [0.5, 0.6) is 11.5 Å². The molecule has 1 aliphatic heterocycles. The minimum atomic E-state index is 0.614. The molecule has 27 heavy (non-hydrogen) atoms. The Kier molecular flexibility index (Phi) is 6.44. The van der Waals surface area contributed by atoms with E-state index in [4.69, 9.17) is 4.74 Å². The zero-order valence-corrected chi connectivity index (χ0v) is 16.3. The highest BCUT2D eigenvalue weighted by molar-refractivity contribution is 5.35. The monoisotopic (exact) mass is 364 g/mol. The minimum absolute atomic E-state index is 0.614. The number of rotatable bonds is 6. The van der Waals surface area contributed by atoms with Crippen molar-refractivity contribution in [3.8, 4) is 11.5 Å². The van der Waals surface area contributed by atoms with Gasteiger partial charge >= 0.3 is 0 Å². The maximum Gasteiger partial charge on any atom is 0.127 e. The second-order valence-electron chi connectivity index (χ2n) is 8.04. The largest absolute Gasteiger partial charge is 0.457 e.